The van der Waals surface area contributed by atoms with Crippen molar-refractivity contribution in [3.63, 3.8) is 0 Å². The lowest BCUT2D eigenvalue weighted by Crippen LogP contribution is -2.45. The van der Waals surface area contributed by atoms with Crippen molar-refractivity contribution < 1.29 is 19.0 Å². The minimum Gasteiger partial charge on any atom is -0.370 e. The fourth-order valence-corrected chi connectivity index (χ4v) is 5.56. The van der Waals surface area contributed by atoms with E-state index >= 15 is 0 Å². The molecule has 0 spiro atoms. The van der Waals surface area contributed by atoms with Crippen LogP contribution in [0, 0.1) is 5.92 Å². The molecule has 0 N–H and O–H groups in total. The van der Waals surface area contributed by atoms with Gasteiger partial charge < -0.3 is 14.2 Å². The third-order valence-electron chi connectivity index (χ3n) is 7.19. The Kier molecular flexibility index (Phi) is 6.76. The molecule has 0 aromatic heterocycles. The molecule has 2 fully saturated rings. The first-order valence-electron chi connectivity index (χ1n) is 12.4. The lowest BCUT2D eigenvalue weighted by molar-refractivity contribution is -0.201. The van der Waals surface area contributed by atoms with E-state index in [4.69, 9.17) is 19.0 Å². The number of fused-ring (bicyclic) bond motifs is 5. The van der Waals surface area contributed by atoms with E-state index in [1.165, 1.54) is 0 Å². The second kappa shape index (κ2) is 10.4. The molecular formula is C30H31NO4. The van der Waals surface area contributed by atoms with Gasteiger partial charge in [-0.25, -0.2) is 0 Å². The largest absolute Gasteiger partial charge is 0.370 e. The Morgan fingerprint density at radius 1 is 0.629 bits per heavy atom. The Labute approximate surface area is 206 Å². The molecule has 1 unspecified atom stereocenters. The van der Waals surface area contributed by atoms with Crippen LogP contribution in [-0.2, 0) is 38.9 Å². The summed E-state index contributed by atoms with van der Waals surface area (Å²) >= 11 is 0. The van der Waals surface area contributed by atoms with Crippen molar-refractivity contribution in [1.29, 1.82) is 0 Å². The zero-order valence-electron chi connectivity index (χ0n) is 19.7. The summed E-state index contributed by atoms with van der Waals surface area (Å²) in [4.78, 5) is 6.27. The van der Waals surface area contributed by atoms with Gasteiger partial charge in [-0.1, -0.05) is 103 Å². The lowest BCUT2D eigenvalue weighted by atomic mass is 9.96. The van der Waals surface area contributed by atoms with E-state index in [-0.39, 0.29) is 36.4 Å². The van der Waals surface area contributed by atoms with Gasteiger partial charge in [-0.15, -0.1) is 0 Å². The molecule has 1 aliphatic carbocycles. The van der Waals surface area contributed by atoms with Gasteiger partial charge in [0, 0.05) is 12.5 Å². The van der Waals surface area contributed by atoms with Gasteiger partial charge in [0.1, 0.15) is 18.3 Å². The fraction of sp³-hybridized carbons (Fsp3) is 0.333. The first kappa shape index (κ1) is 22.7. The number of ether oxygens (including phenoxy) is 3. The zero-order chi connectivity index (χ0) is 23.5. The molecule has 6 rings (SSSR count). The highest BCUT2D eigenvalue weighted by molar-refractivity contribution is 5.20. The fourth-order valence-electron chi connectivity index (χ4n) is 5.56. The van der Waals surface area contributed by atoms with Crippen LogP contribution in [-0.4, -0.2) is 42.1 Å². The van der Waals surface area contributed by atoms with Crippen LogP contribution < -0.4 is 0 Å². The normalized spacial score (nSPS) is 30.9. The maximum Gasteiger partial charge on any atom is 0.112 e. The average Bonchev–Trinajstić information content (AvgIpc) is 3.37. The molecule has 0 amide bonds. The van der Waals surface area contributed by atoms with Crippen LogP contribution in [0.5, 0.6) is 0 Å². The van der Waals surface area contributed by atoms with Gasteiger partial charge in [-0.2, -0.15) is 5.06 Å². The molecule has 2 heterocycles. The molecule has 2 bridgehead atoms. The molecule has 3 aromatic carbocycles. The molecule has 180 valence electrons. The van der Waals surface area contributed by atoms with Crippen molar-refractivity contribution in [3.05, 3.63) is 120 Å². The molecule has 35 heavy (non-hydrogen) atoms. The zero-order valence-corrected chi connectivity index (χ0v) is 19.7. The predicted molar refractivity (Wildman–Crippen MR) is 133 cm³/mol. The number of hydrogen-bond donors (Lipinski definition) is 0. The highest BCUT2D eigenvalue weighted by atomic mass is 16.7. The SMILES string of the molecule is C1=C[C@@H]2ON(C1)[C@H]1[C@H](OCc3ccccc3)[C@@H](OCc3ccccc3)[C@H](OCc3ccccc3)[C@H]12. The van der Waals surface area contributed by atoms with Crippen molar-refractivity contribution in [2.75, 3.05) is 6.54 Å². The molecule has 5 heteroatoms. The molecule has 2 aliphatic heterocycles. The van der Waals surface area contributed by atoms with Crippen molar-refractivity contribution in [1.82, 2.24) is 5.06 Å². The standard InChI is InChI=1S/C30H31NO4/c1-4-11-22(12-5-1)19-32-28-26-25-17-10-18-31(35-25)27(26)29(33-20-23-13-6-2-7-14-23)30(28)34-21-24-15-8-3-9-16-24/h1-17,25-30H,18-21H2/t25-,26-,27+,28+,29-,30-/m0/s1. The summed E-state index contributed by atoms with van der Waals surface area (Å²) < 4.78 is 19.9. The third-order valence-corrected chi connectivity index (χ3v) is 7.19. The number of rotatable bonds is 9. The van der Waals surface area contributed by atoms with Gasteiger partial charge >= 0.3 is 0 Å². The van der Waals surface area contributed by atoms with Crippen LogP contribution in [0.1, 0.15) is 16.7 Å². The molecule has 3 aromatic rings. The maximum absolute atomic E-state index is 6.65. The van der Waals surface area contributed by atoms with E-state index in [9.17, 15) is 0 Å². The number of hydrogen-bond acceptors (Lipinski definition) is 5. The van der Waals surface area contributed by atoms with Gasteiger partial charge in [0.15, 0.2) is 0 Å². The second-order valence-corrected chi connectivity index (χ2v) is 9.45. The minimum absolute atomic E-state index is 0.0253. The van der Waals surface area contributed by atoms with Crippen LogP contribution in [0.25, 0.3) is 0 Å². The molecule has 0 radical (unpaired) electrons. The van der Waals surface area contributed by atoms with Gasteiger partial charge in [0.05, 0.1) is 32.0 Å². The van der Waals surface area contributed by atoms with Crippen molar-refractivity contribution in [3.8, 4) is 0 Å². The lowest BCUT2D eigenvalue weighted by Gasteiger charge is -2.32. The van der Waals surface area contributed by atoms with E-state index in [0.717, 1.165) is 23.2 Å². The predicted octanol–water partition coefficient (Wildman–Crippen LogP) is 4.93. The summed E-state index contributed by atoms with van der Waals surface area (Å²) in [6.07, 6.45) is 3.81. The molecule has 1 saturated heterocycles. The van der Waals surface area contributed by atoms with Crippen molar-refractivity contribution in [2.24, 2.45) is 5.92 Å². The van der Waals surface area contributed by atoms with Crippen molar-refractivity contribution >= 4 is 0 Å². The second-order valence-electron chi connectivity index (χ2n) is 9.45. The van der Waals surface area contributed by atoms with Crippen LogP contribution in [0.15, 0.2) is 103 Å². The van der Waals surface area contributed by atoms with E-state index in [1.807, 2.05) is 54.6 Å². The smallest absolute Gasteiger partial charge is 0.112 e. The van der Waals surface area contributed by atoms with E-state index < -0.39 is 0 Å². The molecular weight excluding hydrogens is 438 g/mol. The molecule has 7 atom stereocenters. The topological polar surface area (TPSA) is 40.2 Å². The Morgan fingerprint density at radius 2 is 1.11 bits per heavy atom. The average molecular weight is 470 g/mol. The van der Waals surface area contributed by atoms with E-state index in [1.54, 1.807) is 0 Å². The molecule has 5 nitrogen and oxygen atoms in total. The highest BCUT2D eigenvalue weighted by Crippen LogP contribution is 2.46. The van der Waals surface area contributed by atoms with E-state index in [2.05, 4.69) is 53.6 Å². The van der Waals surface area contributed by atoms with Gasteiger partial charge in [0.2, 0.25) is 0 Å². The van der Waals surface area contributed by atoms with Crippen LogP contribution in [0.2, 0.25) is 0 Å². The van der Waals surface area contributed by atoms with E-state index in [0.29, 0.717) is 19.8 Å². The number of nitrogens with zero attached hydrogens (tertiary/aromatic N) is 1. The molecule has 3 aliphatic rings. The van der Waals surface area contributed by atoms with Crippen molar-refractivity contribution in [2.45, 2.75) is 50.3 Å². The van der Waals surface area contributed by atoms with Gasteiger partial charge in [-0.05, 0) is 16.7 Å². The summed E-state index contributed by atoms with van der Waals surface area (Å²) in [5.74, 6) is 0.138. The summed E-state index contributed by atoms with van der Waals surface area (Å²) in [6, 6.07) is 31.0. The van der Waals surface area contributed by atoms with Crippen LogP contribution >= 0.6 is 0 Å². The summed E-state index contributed by atoms with van der Waals surface area (Å²) in [5.41, 5.74) is 3.44. The highest BCUT2D eigenvalue weighted by Gasteiger charge is 2.62. The summed E-state index contributed by atoms with van der Waals surface area (Å²) in [6.45, 7) is 2.32. The maximum atomic E-state index is 6.65. The summed E-state index contributed by atoms with van der Waals surface area (Å²) in [7, 11) is 0. The number of hydroxylamine groups is 2. The molecule has 1 saturated carbocycles. The minimum atomic E-state index is -0.210. The van der Waals surface area contributed by atoms with Crippen LogP contribution in [0.3, 0.4) is 0 Å². The first-order valence-corrected chi connectivity index (χ1v) is 12.4. The Hall–Kier alpha value is -2.80. The van der Waals surface area contributed by atoms with Crippen LogP contribution in [0.4, 0.5) is 0 Å². The number of benzene rings is 3. The monoisotopic (exact) mass is 469 g/mol. The quantitative estimate of drug-likeness (QED) is 0.416. The van der Waals surface area contributed by atoms with Gasteiger partial charge in [0.25, 0.3) is 0 Å². The summed E-state index contributed by atoms with van der Waals surface area (Å²) in [5, 5.41) is 2.08. The Morgan fingerprint density at radius 3 is 1.66 bits per heavy atom. The van der Waals surface area contributed by atoms with Gasteiger partial charge in [-0.3, -0.25) is 4.84 Å². The Balaban J connectivity index is 1.28. The Bertz CT molecular complexity index is 1110. The third kappa shape index (κ3) is 4.83. The first-order chi connectivity index (χ1) is 17.4.